The van der Waals surface area contributed by atoms with Crippen molar-refractivity contribution in [2.45, 2.75) is 19.3 Å². The quantitative estimate of drug-likeness (QED) is 0.659. The summed E-state index contributed by atoms with van der Waals surface area (Å²) >= 11 is 6.20. The molecule has 2 heterocycles. The van der Waals surface area contributed by atoms with Crippen molar-refractivity contribution in [1.29, 1.82) is 0 Å². The van der Waals surface area contributed by atoms with Crippen LogP contribution in [-0.2, 0) is 4.79 Å². The minimum atomic E-state index is -0.141. The van der Waals surface area contributed by atoms with E-state index >= 15 is 0 Å². The highest BCUT2D eigenvalue weighted by Crippen LogP contribution is 2.47. The summed E-state index contributed by atoms with van der Waals surface area (Å²) in [5.74, 6) is 2.89. The smallest absolute Gasteiger partial charge is 0.263 e. The molecule has 2 atom stereocenters. The average Bonchev–Trinajstić information content (AvgIpc) is 2.71. The SMILES string of the molecule is C[C@H]1C[C@H]1c1ccc(/C=C2\SC(=S)NC2=O)o1. The largest absolute Gasteiger partial charge is 0.461 e. The van der Waals surface area contributed by atoms with E-state index in [4.69, 9.17) is 16.6 Å². The van der Waals surface area contributed by atoms with Gasteiger partial charge < -0.3 is 9.73 Å². The monoisotopic (exact) mass is 265 g/mol. The van der Waals surface area contributed by atoms with Gasteiger partial charge in [0.25, 0.3) is 5.91 Å². The maximum atomic E-state index is 11.5. The van der Waals surface area contributed by atoms with Gasteiger partial charge in [0.1, 0.15) is 15.8 Å². The summed E-state index contributed by atoms with van der Waals surface area (Å²) in [4.78, 5) is 12.1. The topological polar surface area (TPSA) is 42.2 Å². The minimum Gasteiger partial charge on any atom is -0.461 e. The molecule has 1 aromatic rings. The van der Waals surface area contributed by atoms with Gasteiger partial charge in [-0.2, -0.15) is 0 Å². The molecule has 1 aromatic heterocycles. The van der Waals surface area contributed by atoms with Gasteiger partial charge in [-0.3, -0.25) is 4.79 Å². The van der Waals surface area contributed by atoms with E-state index in [-0.39, 0.29) is 5.91 Å². The predicted octanol–water partition coefficient (Wildman–Crippen LogP) is 2.89. The molecule has 1 aliphatic heterocycles. The molecule has 1 saturated heterocycles. The Morgan fingerprint density at radius 2 is 2.35 bits per heavy atom. The lowest BCUT2D eigenvalue weighted by Gasteiger charge is -1.92. The summed E-state index contributed by atoms with van der Waals surface area (Å²) in [6.45, 7) is 2.21. The molecule has 1 saturated carbocycles. The molecule has 88 valence electrons. The van der Waals surface area contributed by atoms with Gasteiger partial charge in [-0.05, 0) is 24.5 Å². The molecule has 5 heteroatoms. The Morgan fingerprint density at radius 1 is 1.59 bits per heavy atom. The predicted molar refractivity (Wildman–Crippen MR) is 71.5 cm³/mol. The Bertz CT molecular complexity index is 532. The van der Waals surface area contributed by atoms with Crippen molar-refractivity contribution >= 4 is 40.3 Å². The second-order valence-electron chi connectivity index (χ2n) is 4.41. The van der Waals surface area contributed by atoms with Gasteiger partial charge in [0.15, 0.2) is 0 Å². The fraction of sp³-hybridized carbons (Fsp3) is 0.333. The molecule has 0 aromatic carbocycles. The van der Waals surface area contributed by atoms with Crippen molar-refractivity contribution in [2.75, 3.05) is 0 Å². The van der Waals surface area contributed by atoms with Crippen LogP contribution in [0.3, 0.4) is 0 Å². The zero-order valence-corrected chi connectivity index (χ0v) is 10.9. The molecule has 0 radical (unpaired) electrons. The molecule has 3 rings (SSSR count). The number of carbonyl (C=O) groups excluding carboxylic acids is 1. The Hall–Kier alpha value is -1.07. The van der Waals surface area contributed by atoms with E-state index in [1.807, 2.05) is 12.1 Å². The lowest BCUT2D eigenvalue weighted by atomic mass is 10.3. The third-order valence-corrected chi connectivity index (χ3v) is 4.20. The fourth-order valence-electron chi connectivity index (χ4n) is 1.91. The molecule has 1 amide bonds. The van der Waals surface area contributed by atoms with Crippen LogP contribution < -0.4 is 5.32 Å². The molecule has 0 bridgehead atoms. The number of furan rings is 1. The van der Waals surface area contributed by atoms with Gasteiger partial charge in [-0.25, -0.2) is 0 Å². The zero-order chi connectivity index (χ0) is 12.0. The van der Waals surface area contributed by atoms with E-state index in [0.717, 1.165) is 17.4 Å². The number of hydrogen-bond donors (Lipinski definition) is 1. The first kappa shape index (κ1) is 11.0. The molecule has 1 N–H and O–H groups in total. The summed E-state index contributed by atoms with van der Waals surface area (Å²) in [6, 6.07) is 3.90. The second-order valence-corrected chi connectivity index (χ2v) is 6.13. The van der Waals surface area contributed by atoms with E-state index in [1.54, 1.807) is 6.08 Å². The Labute approximate surface area is 109 Å². The second kappa shape index (κ2) is 3.99. The van der Waals surface area contributed by atoms with Crippen LogP contribution in [0.1, 0.15) is 30.8 Å². The molecule has 0 unspecified atom stereocenters. The summed E-state index contributed by atoms with van der Waals surface area (Å²) in [5.41, 5.74) is 0. The number of thiocarbonyl (C=S) groups is 1. The lowest BCUT2D eigenvalue weighted by Crippen LogP contribution is -2.17. The molecule has 17 heavy (non-hydrogen) atoms. The normalized spacial score (nSPS) is 29.8. The summed E-state index contributed by atoms with van der Waals surface area (Å²) in [7, 11) is 0. The molecule has 2 fully saturated rings. The molecular formula is C12H11NO2S2. The number of carbonyl (C=O) groups is 1. The maximum absolute atomic E-state index is 11.5. The average molecular weight is 265 g/mol. The van der Waals surface area contributed by atoms with Crippen LogP contribution in [0.5, 0.6) is 0 Å². The Kier molecular flexibility index (Phi) is 2.60. The molecule has 1 aliphatic carbocycles. The number of nitrogens with one attached hydrogen (secondary N) is 1. The number of amides is 1. The maximum Gasteiger partial charge on any atom is 0.263 e. The first-order chi connectivity index (χ1) is 8.13. The third-order valence-electron chi connectivity index (χ3n) is 3.04. The first-order valence-corrected chi connectivity index (χ1v) is 6.70. The van der Waals surface area contributed by atoms with Crippen LogP contribution in [0.2, 0.25) is 0 Å². The Balaban J connectivity index is 1.81. The highest BCUT2D eigenvalue weighted by atomic mass is 32.2. The van der Waals surface area contributed by atoms with Crippen molar-refractivity contribution in [1.82, 2.24) is 5.32 Å². The van der Waals surface area contributed by atoms with Crippen LogP contribution in [0, 0.1) is 5.92 Å². The third kappa shape index (κ3) is 2.17. The van der Waals surface area contributed by atoms with Crippen LogP contribution in [0.15, 0.2) is 21.5 Å². The lowest BCUT2D eigenvalue weighted by molar-refractivity contribution is -0.115. The van der Waals surface area contributed by atoms with Gasteiger partial charge in [-0.1, -0.05) is 30.9 Å². The Morgan fingerprint density at radius 3 is 2.94 bits per heavy atom. The van der Waals surface area contributed by atoms with Crippen molar-refractivity contribution in [3.8, 4) is 0 Å². The van der Waals surface area contributed by atoms with Crippen molar-refractivity contribution < 1.29 is 9.21 Å². The zero-order valence-electron chi connectivity index (χ0n) is 9.23. The number of thioether (sulfide) groups is 1. The van der Waals surface area contributed by atoms with Gasteiger partial charge in [-0.15, -0.1) is 0 Å². The van der Waals surface area contributed by atoms with Crippen molar-refractivity contribution in [2.24, 2.45) is 5.92 Å². The molecule has 0 spiro atoms. The standard InChI is InChI=1S/C12H11NO2S2/c1-6-4-8(6)9-3-2-7(15-9)5-10-11(14)13-12(16)17-10/h2-3,5-6,8H,4H2,1H3,(H,13,14,16)/b10-5-/t6-,8+/m0/s1. The van der Waals surface area contributed by atoms with Crippen molar-refractivity contribution in [3.63, 3.8) is 0 Å². The van der Waals surface area contributed by atoms with Gasteiger partial charge >= 0.3 is 0 Å². The molecule has 3 nitrogen and oxygen atoms in total. The first-order valence-electron chi connectivity index (χ1n) is 5.48. The highest BCUT2D eigenvalue weighted by molar-refractivity contribution is 8.26. The summed E-state index contributed by atoms with van der Waals surface area (Å²) in [6.07, 6.45) is 2.94. The fourth-order valence-corrected chi connectivity index (χ4v) is 2.94. The van der Waals surface area contributed by atoms with Crippen LogP contribution >= 0.6 is 24.0 Å². The van der Waals surface area contributed by atoms with E-state index in [0.29, 0.717) is 15.1 Å². The van der Waals surface area contributed by atoms with Gasteiger partial charge in [0.05, 0.1) is 4.91 Å². The van der Waals surface area contributed by atoms with Crippen molar-refractivity contribution in [3.05, 3.63) is 28.6 Å². The van der Waals surface area contributed by atoms with Crippen LogP contribution in [-0.4, -0.2) is 10.2 Å². The van der Waals surface area contributed by atoms with Gasteiger partial charge in [0, 0.05) is 12.0 Å². The van der Waals surface area contributed by atoms with E-state index in [2.05, 4.69) is 12.2 Å². The van der Waals surface area contributed by atoms with E-state index in [9.17, 15) is 4.79 Å². The molecular weight excluding hydrogens is 254 g/mol. The number of hydrogen-bond acceptors (Lipinski definition) is 4. The minimum absolute atomic E-state index is 0.141. The van der Waals surface area contributed by atoms with Crippen LogP contribution in [0.25, 0.3) is 6.08 Å². The summed E-state index contributed by atoms with van der Waals surface area (Å²) in [5, 5.41) is 2.58. The highest BCUT2D eigenvalue weighted by Gasteiger charge is 2.36. The van der Waals surface area contributed by atoms with E-state index in [1.165, 1.54) is 18.2 Å². The van der Waals surface area contributed by atoms with Gasteiger partial charge in [0.2, 0.25) is 0 Å². The van der Waals surface area contributed by atoms with Crippen LogP contribution in [0.4, 0.5) is 0 Å². The summed E-state index contributed by atoms with van der Waals surface area (Å²) < 4.78 is 6.21. The number of rotatable bonds is 2. The molecule has 2 aliphatic rings. The van der Waals surface area contributed by atoms with E-state index < -0.39 is 0 Å².